The van der Waals surface area contributed by atoms with Crippen LogP contribution in [-0.4, -0.2) is 40.0 Å². The Kier molecular flexibility index (Phi) is 5.28. The molecule has 1 aromatic heterocycles. The summed E-state index contributed by atoms with van der Waals surface area (Å²) in [6, 6.07) is 7.90. The van der Waals surface area contributed by atoms with Crippen LogP contribution in [0.1, 0.15) is 30.5 Å². The lowest BCUT2D eigenvalue weighted by Crippen LogP contribution is -2.66. The van der Waals surface area contributed by atoms with Crippen molar-refractivity contribution in [3.8, 4) is 5.75 Å². The Balaban J connectivity index is 1.66. The van der Waals surface area contributed by atoms with Crippen LogP contribution in [0, 0.1) is 0 Å². The lowest BCUT2D eigenvalue weighted by atomic mass is 9.78. The van der Waals surface area contributed by atoms with E-state index in [4.69, 9.17) is 10.5 Å². The van der Waals surface area contributed by atoms with E-state index in [1.165, 1.54) is 0 Å². The Hall–Kier alpha value is -2.47. The normalized spacial score (nSPS) is 20.0. The number of para-hydroxylation sites is 1. The maximum absolute atomic E-state index is 12.2. The number of hydrogen-bond donors (Lipinski definition) is 1. The molecule has 0 bridgehead atoms. The van der Waals surface area contributed by atoms with Crippen LogP contribution >= 0.6 is 0 Å². The van der Waals surface area contributed by atoms with Gasteiger partial charge in [0.1, 0.15) is 11.3 Å². The molecule has 1 amide bonds. The third-order valence-corrected chi connectivity index (χ3v) is 5.05. The second-order valence-corrected chi connectivity index (χ2v) is 6.43. The number of aryl methyl sites for hydroxylation is 1. The number of methoxy groups -OCH3 is 1. The van der Waals surface area contributed by atoms with Crippen molar-refractivity contribution in [2.24, 2.45) is 5.73 Å². The second-order valence-electron chi connectivity index (χ2n) is 6.43. The highest BCUT2D eigenvalue weighted by Gasteiger charge is 2.49. The van der Waals surface area contributed by atoms with Crippen molar-refractivity contribution in [2.45, 2.75) is 37.8 Å². The first-order valence-electron chi connectivity index (χ1n) is 8.57. The largest absolute Gasteiger partial charge is 0.496 e. The Labute approximate surface area is 148 Å². The molecule has 1 aliphatic heterocycles. The van der Waals surface area contributed by atoms with Gasteiger partial charge in [0, 0.05) is 37.2 Å². The van der Waals surface area contributed by atoms with E-state index >= 15 is 0 Å². The molecule has 1 atom stereocenters. The van der Waals surface area contributed by atoms with Crippen molar-refractivity contribution < 1.29 is 9.53 Å². The standard InChI is InChI=1S/C19H24N4O2/c1-25-17-7-3-2-5-15(17)14-23-12-9-19(23,18(20)24)8-4-6-16-13-21-10-11-22-16/h2-3,5,7,10-11,13H,4,6,8-9,12,14H2,1H3,(H2,20,24)/t19-/m1/s1. The van der Waals surface area contributed by atoms with Gasteiger partial charge in [0.25, 0.3) is 0 Å². The minimum atomic E-state index is -0.566. The number of hydrogen-bond acceptors (Lipinski definition) is 5. The molecule has 0 radical (unpaired) electrons. The van der Waals surface area contributed by atoms with E-state index < -0.39 is 5.54 Å². The number of aromatic nitrogens is 2. The topological polar surface area (TPSA) is 81.3 Å². The smallest absolute Gasteiger partial charge is 0.238 e. The van der Waals surface area contributed by atoms with E-state index in [1.54, 1.807) is 25.7 Å². The maximum Gasteiger partial charge on any atom is 0.238 e. The fourth-order valence-electron chi connectivity index (χ4n) is 3.52. The first-order valence-corrected chi connectivity index (χ1v) is 8.57. The fourth-order valence-corrected chi connectivity index (χ4v) is 3.52. The minimum absolute atomic E-state index is 0.243. The quantitative estimate of drug-likeness (QED) is 0.794. The van der Waals surface area contributed by atoms with Gasteiger partial charge >= 0.3 is 0 Å². The van der Waals surface area contributed by atoms with Crippen molar-refractivity contribution in [1.82, 2.24) is 14.9 Å². The van der Waals surface area contributed by atoms with Crippen molar-refractivity contribution in [3.63, 3.8) is 0 Å². The van der Waals surface area contributed by atoms with Crippen LogP contribution in [0.3, 0.4) is 0 Å². The molecule has 2 N–H and O–H groups in total. The number of primary amides is 1. The van der Waals surface area contributed by atoms with Crippen LogP contribution in [0.5, 0.6) is 5.75 Å². The Bertz CT molecular complexity index is 722. The molecular weight excluding hydrogens is 316 g/mol. The SMILES string of the molecule is COc1ccccc1CN1CC[C@]1(CCCc1cnccn1)C(N)=O. The van der Waals surface area contributed by atoms with Crippen LogP contribution in [0.2, 0.25) is 0 Å². The van der Waals surface area contributed by atoms with Gasteiger partial charge in [0.2, 0.25) is 5.91 Å². The van der Waals surface area contributed by atoms with E-state index in [9.17, 15) is 4.79 Å². The maximum atomic E-state index is 12.2. The zero-order valence-corrected chi connectivity index (χ0v) is 14.5. The van der Waals surface area contributed by atoms with Crippen LogP contribution in [-0.2, 0) is 17.8 Å². The van der Waals surface area contributed by atoms with E-state index in [0.29, 0.717) is 6.54 Å². The van der Waals surface area contributed by atoms with Crippen molar-refractivity contribution in [2.75, 3.05) is 13.7 Å². The molecular formula is C19H24N4O2. The lowest BCUT2D eigenvalue weighted by molar-refractivity contribution is -0.141. The molecule has 2 aromatic rings. The molecule has 0 spiro atoms. The molecule has 1 aromatic carbocycles. The van der Waals surface area contributed by atoms with E-state index in [-0.39, 0.29) is 5.91 Å². The number of carbonyl (C=O) groups excluding carboxylic acids is 1. The van der Waals surface area contributed by atoms with Gasteiger partial charge in [0.15, 0.2) is 0 Å². The molecule has 132 valence electrons. The summed E-state index contributed by atoms with van der Waals surface area (Å²) in [5.41, 5.74) is 7.24. The predicted molar refractivity (Wildman–Crippen MR) is 94.9 cm³/mol. The van der Waals surface area contributed by atoms with Gasteiger partial charge in [0.05, 0.1) is 12.8 Å². The summed E-state index contributed by atoms with van der Waals surface area (Å²) in [5, 5.41) is 0. The van der Waals surface area contributed by atoms with Gasteiger partial charge in [-0.3, -0.25) is 19.7 Å². The highest BCUT2D eigenvalue weighted by Crippen LogP contribution is 2.37. The average molecular weight is 340 g/mol. The molecule has 0 aliphatic carbocycles. The van der Waals surface area contributed by atoms with Gasteiger partial charge in [-0.2, -0.15) is 0 Å². The predicted octanol–water partition coefficient (Wildman–Crippen LogP) is 1.94. The number of carbonyl (C=O) groups is 1. The van der Waals surface area contributed by atoms with Gasteiger partial charge in [-0.05, 0) is 31.7 Å². The van der Waals surface area contributed by atoms with Crippen molar-refractivity contribution >= 4 is 5.91 Å². The monoisotopic (exact) mass is 340 g/mol. The third-order valence-electron chi connectivity index (χ3n) is 5.05. The number of nitrogens with zero attached hydrogens (tertiary/aromatic N) is 3. The number of amides is 1. The molecule has 1 fully saturated rings. The van der Waals surface area contributed by atoms with E-state index in [2.05, 4.69) is 14.9 Å². The number of likely N-dealkylation sites (tertiary alicyclic amines) is 1. The lowest BCUT2D eigenvalue weighted by Gasteiger charge is -2.51. The molecule has 0 saturated carbocycles. The summed E-state index contributed by atoms with van der Waals surface area (Å²) in [7, 11) is 1.66. The summed E-state index contributed by atoms with van der Waals surface area (Å²) < 4.78 is 5.42. The number of benzene rings is 1. The van der Waals surface area contributed by atoms with Crippen molar-refractivity contribution in [3.05, 3.63) is 54.1 Å². The Morgan fingerprint density at radius 2 is 2.20 bits per heavy atom. The van der Waals surface area contributed by atoms with Gasteiger partial charge < -0.3 is 10.5 Å². The summed E-state index contributed by atoms with van der Waals surface area (Å²) in [4.78, 5) is 22.8. The highest BCUT2D eigenvalue weighted by atomic mass is 16.5. The Morgan fingerprint density at radius 3 is 2.84 bits per heavy atom. The molecule has 6 nitrogen and oxygen atoms in total. The zero-order chi connectivity index (χ0) is 17.7. The van der Waals surface area contributed by atoms with Gasteiger partial charge in [-0.1, -0.05) is 18.2 Å². The minimum Gasteiger partial charge on any atom is -0.496 e. The summed E-state index contributed by atoms with van der Waals surface area (Å²) in [5.74, 6) is 0.597. The molecule has 0 unspecified atom stereocenters. The average Bonchev–Trinajstić information content (AvgIpc) is 2.63. The van der Waals surface area contributed by atoms with E-state index in [0.717, 1.165) is 49.2 Å². The molecule has 2 heterocycles. The third kappa shape index (κ3) is 3.64. The van der Waals surface area contributed by atoms with Crippen LogP contribution in [0.25, 0.3) is 0 Å². The summed E-state index contributed by atoms with van der Waals surface area (Å²) in [6.45, 7) is 1.53. The van der Waals surface area contributed by atoms with Gasteiger partial charge in [-0.25, -0.2) is 0 Å². The molecule has 3 rings (SSSR count). The fraction of sp³-hybridized carbons (Fsp3) is 0.421. The first-order chi connectivity index (χ1) is 12.2. The second kappa shape index (κ2) is 7.61. The van der Waals surface area contributed by atoms with Gasteiger partial charge in [-0.15, -0.1) is 0 Å². The summed E-state index contributed by atoms with van der Waals surface area (Å²) >= 11 is 0. The molecule has 25 heavy (non-hydrogen) atoms. The zero-order valence-electron chi connectivity index (χ0n) is 14.5. The van der Waals surface area contributed by atoms with Crippen LogP contribution in [0.15, 0.2) is 42.9 Å². The van der Waals surface area contributed by atoms with Crippen molar-refractivity contribution in [1.29, 1.82) is 0 Å². The van der Waals surface area contributed by atoms with Crippen LogP contribution < -0.4 is 10.5 Å². The summed E-state index contributed by atoms with van der Waals surface area (Å²) in [6.07, 6.45) is 8.30. The van der Waals surface area contributed by atoms with Crippen LogP contribution in [0.4, 0.5) is 0 Å². The van der Waals surface area contributed by atoms with E-state index in [1.807, 2.05) is 24.3 Å². The molecule has 6 heteroatoms. The molecule has 1 saturated heterocycles. The highest BCUT2D eigenvalue weighted by molar-refractivity contribution is 5.85. The number of ether oxygens (including phenoxy) is 1. The first kappa shape index (κ1) is 17.4. The number of nitrogens with two attached hydrogens (primary N) is 1. The Morgan fingerprint density at radius 1 is 1.36 bits per heavy atom. The molecule has 1 aliphatic rings. The number of rotatable bonds is 8.